The highest BCUT2D eigenvalue weighted by Gasteiger charge is 2.33. The molecule has 6 heteroatoms. The fourth-order valence-electron chi connectivity index (χ4n) is 4.42. The van der Waals surface area contributed by atoms with Crippen molar-refractivity contribution in [3.8, 4) is 0 Å². The van der Waals surface area contributed by atoms with E-state index < -0.39 is 0 Å². The summed E-state index contributed by atoms with van der Waals surface area (Å²) in [4.78, 5) is 15.4. The molecule has 3 atom stereocenters. The lowest BCUT2D eigenvalue weighted by Crippen LogP contribution is -2.52. The molecule has 4 heterocycles. The van der Waals surface area contributed by atoms with E-state index in [-0.39, 0.29) is 11.9 Å². The second kappa shape index (κ2) is 6.74. The maximum Gasteiger partial charge on any atom is 0.272 e. The lowest BCUT2D eigenvalue weighted by Gasteiger charge is -2.40. The van der Waals surface area contributed by atoms with Crippen LogP contribution in [0.25, 0.3) is 10.9 Å². The second-order valence-corrected chi connectivity index (χ2v) is 8.62. The van der Waals surface area contributed by atoms with Crippen LogP contribution in [0.2, 0.25) is 0 Å². The Morgan fingerprint density at radius 1 is 1.31 bits per heavy atom. The number of hydrogen-bond donors (Lipinski definition) is 2. The molecule has 0 spiro atoms. The maximum absolute atomic E-state index is 12.9. The van der Waals surface area contributed by atoms with E-state index in [0.717, 1.165) is 35.7 Å². The number of allylic oxidation sites excluding steroid dienone is 1. The van der Waals surface area contributed by atoms with Crippen molar-refractivity contribution >= 4 is 28.6 Å². The van der Waals surface area contributed by atoms with Gasteiger partial charge in [-0.25, -0.2) is 0 Å². The number of hydrogen-bond acceptors (Lipinski definition) is 4. The van der Waals surface area contributed by atoms with Crippen molar-refractivity contribution in [2.24, 2.45) is 0 Å². The first-order valence-electron chi connectivity index (χ1n) is 9.59. The number of nitrogens with zero attached hydrogens (tertiary/aromatic N) is 2. The number of H-pyrrole nitrogens is 1. The first kappa shape index (κ1) is 16.4. The lowest BCUT2D eigenvalue weighted by atomic mass is 9.99. The smallest absolute Gasteiger partial charge is 0.272 e. The SMILES string of the molecule is O=C(N[C@H]1CCCC2CCN2C1)c1n[nH]c2ccc(C3C=CSC3)cc12. The van der Waals surface area contributed by atoms with Gasteiger partial charge in [-0.1, -0.05) is 12.1 Å². The van der Waals surface area contributed by atoms with Crippen molar-refractivity contribution in [2.75, 3.05) is 18.8 Å². The molecule has 0 radical (unpaired) electrons. The van der Waals surface area contributed by atoms with Gasteiger partial charge in [-0.15, -0.1) is 11.8 Å². The van der Waals surface area contributed by atoms with Crippen LogP contribution in [0.3, 0.4) is 0 Å². The zero-order valence-electron chi connectivity index (χ0n) is 14.8. The predicted molar refractivity (Wildman–Crippen MR) is 106 cm³/mol. The van der Waals surface area contributed by atoms with E-state index in [0.29, 0.717) is 11.6 Å². The topological polar surface area (TPSA) is 61.0 Å². The van der Waals surface area contributed by atoms with Gasteiger partial charge >= 0.3 is 0 Å². The van der Waals surface area contributed by atoms with E-state index in [1.165, 1.54) is 31.4 Å². The highest BCUT2D eigenvalue weighted by atomic mass is 32.2. The fourth-order valence-corrected chi connectivity index (χ4v) is 5.34. The van der Waals surface area contributed by atoms with Crippen LogP contribution in [0, 0.1) is 0 Å². The van der Waals surface area contributed by atoms with Crippen molar-refractivity contribution < 1.29 is 4.79 Å². The molecular formula is C20H24N4OS. The highest BCUT2D eigenvalue weighted by Crippen LogP contribution is 2.32. The Hall–Kier alpha value is -1.79. The van der Waals surface area contributed by atoms with E-state index in [1.807, 2.05) is 17.8 Å². The fraction of sp³-hybridized carbons (Fsp3) is 0.500. The van der Waals surface area contributed by atoms with Crippen molar-refractivity contribution in [1.82, 2.24) is 20.4 Å². The molecular weight excluding hydrogens is 344 g/mol. The normalized spacial score (nSPS) is 28.5. The molecule has 2 fully saturated rings. The van der Waals surface area contributed by atoms with Crippen LogP contribution >= 0.6 is 11.8 Å². The molecule has 1 aromatic carbocycles. The molecule has 2 N–H and O–H groups in total. The van der Waals surface area contributed by atoms with Crippen molar-refractivity contribution in [2.45, 2.75) is 43.7 Å². The molecule has 136 valence electrons. The molecule has 26 heavy (non-hydrogen) atoms. The summed E-state index contributed by atoms with van der Waals surface area (Å²) in [7, 11) is 0. The minimum Gasteiger partial charge on any atom is -0.347 e. The molecule has 1 aromatic heterocycles. The molecule has 5 nitrogen and oxygen atoms in total. The number of carbonyl (C=O) groups is 1. The number of carbonyl (C=O) groups excluding carboxylic acids is 1. The summed E-state index contributed by atoms with van der Waals surface area (Å²) >= 11 is 1.84. The van der Waals surface area contributed by atoms with Gasteiger partial charge in [-0.2, -0.15) is 5.10 Å². The molecule has 2 unspecified atom stereocenters. The van der Waals surface area contributed by atoms with Crippen molar-refractivity contribution in [1.29, 1.82) is 0 Å². The quantitative estimate of drug-likeness (QED) is 0.873. The molecule has 0 aliphatic carbocycles. The molecule has 2 aromatic rings. The summed E-state index contributed by atoms with van der Waals surface area (Å²) in [5.41, 5.74) is 2.71. The minimum absolute atomic E-state index is 0.0475. The largest absolute Gasteiger partial charge is 0.347 e. The Morgan fingerprint density at radius 2 is 2.27 bits per heavy atom. The van der Waals surface area contributed by atoms with Crippen LogP contribution in [0.15, 0.2) is 29.7 Å². The zero-order valence-corrected chi connectivity index (χ0v) is 15.6. The van der Waals surface area contributed by atoms with Gasteiger partial charge in [0, 0.05) is 35.7 Å². The molecule has 0 bridgehead atoms. The lowest BCUT2D eigenvalue weighted by molar-refractivity contribution is 0.0787. The van der Waals surface area contributed by atoms with E-state index in [9.17, 15) is 4.79 Å². The Morgan fingerprint density at radius 3 is 3.08 bits per heavy atom. The third-order valence-corrected chi connectivity index (χ3v) is 6.96. The number of benzene rings is 1. The number of aromatic amines is 1. The Bertz CT molecular complexity index is 861. The first-order chi connectivity index (χ1) is 12.8. The molecule has 0 saturated carbocycles. The van der Waals surface area contributed by atoms with Gasteiger partial charge in [0.05, 0.1) is 5.52 Å². The van der Waals surface area contributed by atoms with E-state index >= 15 is 0 Å². The molecule has 3 aliphatic heterocycles. The van der Waals surface area contributed by atoms with Gasteiger partial charge in [0.2, 0.25) is 0 Å². The van der Waals surface area contributed by atoms with Gasteiger partial charge < -0.3 is 5.32 Å². The highest BCUT2D eigenvalue weighted by molar-refractivity contribution is 8.02. The number of aromatic nitrogens is 2. The maximum atomic E-state index is 12.9. The Balaban J connectivity index is 1.36. The van der Waals surface area contributed by atoms with Gasteiger partial charge in [0.15, 0.2) is 5.69 Å². The molecule has 1 amide bonds. The minimum atomic E-state index is -0.0475. The van der Waals surface area contributed by atoms with Gasteiger partial charge in [0.1, 0.15) is 0 Å². The average Bonchev–Trinajstić information content (AvgIpc) is 3.28. The number of rotatable bonds is 3. The van der Waals surface area contributed by atoms with Crippen LogP contribution in [-0.2, 0) is 0 Å². The van der Waals surface area contributed by atoms with E-state index in [2.05, 4.69) is 44.0 Å². The first-order valence-corrected chi connectivity index (χ1v) is 10.6. The monoisotopic (exact) mass is 368 g/mol. The van der Waals surface area contributed by atoms with E-state index in [4.69, 9.17) is 0 Å². The molecule has 3 aliphatic rings. The average molecular weight is 369 g/mol. The van der Waals surface area contributed by atoms with Crippen LogP contribution in [0.1, 0.15) is 47.7 Å². The predicted octanol–water partition coefficient (Wildman–Crippen LogP) is 3.26. The summed E-state index contributed by atoms with van der Waals surface area (Å²) in [6, 6.07) is 7.30. The summed E-state index contributed by atoms with van der Waals surface area (Å²) in [6.45, 7) is 2.16. The standard InChI is InChI=1S/C20H24N4OS/c25-20(21-15-2-1-3-16-6-8-24(16)11-15)19-17-10-13(14-7-9-26-12-14)4-5-18(17)22-23-19/h4-5,7,9-10,14-16H,1-3,6,8,11-12H2,(H,21,25)(H,22,23)/t14?,15-,16?/m0/s1. The van der Waals surface area contributed by atoms with Crippen LogP contribution < -0.4 is 5.32 Å². The van der Waals surface area contributed by atoms with Crippen molar-refractivity contribution in [3.05, 3.63) is 40.9 Å². The van der Waals surface area contributed by atoms with Crippen LogP contribution in [-0.4, -0.2) is 51.9 Å². The summed E-state index contributed by atoms with van der Waals surface area (Å²) in [5, 5.41) is 13.7. The van der Waals surface area contributed by atoms with E-state index in [1.54, 1.807) is 0 Å². The Kier molecular flexibility index (Phi) is 4.25. The third kappa shape index (κ3) is 2.95. The third-order valence-electron chi connectivity index (χ3n) is 6.06. The molecule has 2 saturated heterocycles. The summed E-state index contributed by atoms with van der Waals surface area (Å²) in [6.07, 6.45) is 7.09. The number of thioether (sulfide) groups is 1. The summed E-state index contributed by atoms with van der Waals surface area (Å²) in [5.74, 6) is 1.46. The second-order valence-electron chi connectivity index (χ2n) is 7.68. The number of nitrogens with one attached hydrogen (secondary N) is 2. The number of fused-ring (bicyclic) bond motifs is 2. The van der Waals surface area contributed by atoms with Gasteiger partial charge in [-0.05, 0) is 55.3 Å². The van der Waals surface area contributed by atoms with Crippen LogP contribution in [0.4, 0.5) is 0 Å². The summed E-state index contributed by atoms with van der Waals surface area (Å²) < 4.78 is 0. The zero-order chi connectivity index (χ0) is 17.5. The van der Waals surface area contributed by atoms with Crippen molar-refractivity contribution in [3.63, 3.8) is 0 Å². The Labute approximate surface area is 157 Å². The van der Waals surface area contributed by atoms with Gasteiger partial charge in [0.25, 0.3) is 5.91 Å². The van der Waals surface area contributed by atoms with Gasteiger partial charge in [-0.3, -0.25) is 14.8 Å². The van der Waals surface area contributed by atoms with Crippen LogP contribution in [0.5, 0.6) is 0 Å². The molecule has 5 rings (SSSR count). The number of amides is 1.